The predicted octanol–water partition coefficient (Wildman–Crippen LogP) is 2.54. The van der Waals surface area contributed by atoms with Gasteiger partial charge in [-0.2, -0.15) is 0 Å². The zero-order valence-corrected chi connectivity index (χ0v) is 19.0. The highest BCUT2D eigenvalue weighted by Gasteiger charge is 2.22. The third-order valence-electron chi connectivity index (χ3n) is 5.08. The van der Waals surface area contributed by atoms with Crippen molar-refractivity contribution in [2.24, 2.45) is 5.73 Å². The van der Waals surface area contributed by atoms with Crippen LogP contribution in [0.2, 0.25) is 0 Å². The number of hydroxylamine groups is 1. The fraction of sp³-hybridized carbons (Fsp3) is 0.208. The molecule has 35 heavy (non-hydrogen) atoms. The first kappa shape index (κ1) is 23.6. The van der Waals surface area contributed by atoms with Crippen molar-refractivity contribution < 1.29 is 23.6 Å². The summed E-state index contributed by atoms with van der Waals surface area (Å²) < 4.78 is 12.5. The lowest BCUT2D eigenvalue weighted by Gasteiger charge is -2.12. The van der Waals surface area contributed by atoms with Gasteiger partial charge in [-0.3, -0.25) is 14.4 Å². The maximum atomic E-state index is 12.1. The van der Waals surface area contributed by atoms with Crippen molar-refractivity contribution in [3.8, 4) is 5.75 Å². The van der Waals surface area contributed by atoms with E-state index in [2.05, 4.69) is 20.8 Å². The number of primary amides is 1. The number of aromatic nitrogens is 4. The van der Waals surface area contributed by atoms with Gasteiger partial charge in [0.2, 0.25) is 11.8 Å². The van der Waals surface area contributed by atoms with Crippen LogP contribution < -0.4 is 16.0 Å². The quantitative estimate of drug-likeness (QED) is 0.248. The first-order chi connectivity index (χ1) is 17.0. The van der Waals surface area contributed by atoms with Gasteiger partial charge in [0.25, 0.3) is 5.91 Å². The molecule has 2 amide bonds. The summed E-state index contributed by atoms with van der Waals surface area (Å²) in [6.45, 7) is 0.200. The topological polar surface area (TPSA) is 147 Å². The molecular formula is C24H24N6O5. The third kappa shape index (κ3) is 6.30. The number of ether oxygens (including phenoxy) is 1. The molecule has 0 saturated heterocycles. The molecular weight excluding hydrogens is 452 g/mol. The highest BCUT2D eigenvalue weighted by atomic mass is 16.6. The van der Waals surface area contributed by atoms with E-state index in [1.54, 1.807) is 25.4 Å². The van der Waals surface area contributed by atoms with E-state index in [1.807, 2.05) is 36.4 Å². The van der Waals surface area contributed by atoms with E-state index < -0.39 is 17.9 Å². The molecule has 11 nitrogen and oxygen atoms in total. The molecule has 3 N–H and O–H groups in total. The number of nitrogens with one attached hydrogen (secondary N) is 1. The van der Waals surface area contributed by atoms with Crippen LogP contribution in [0.15, 0.2) is 65.2 Å². The summed E-state index contributed by atoms with van der Waals surface area (Å²) in [5.74, 6) is 0.217. The van der Waals surface area contributed by atoms with Gasteiger partial charge < -0.3 is 14.9 Å². The average molecular weight is 476 g/mol. The summed E-state index contributed by atoms with van der Waals surface area (Å²) >= 11 is 0. The summed E-state index contributed by atoms with van der Waals surface area (Å²) in [6.07, 6.45) is 4.84. The molecule has 0 spiro atoms. The molecule has 0 fully saturated rings. The molecule has 0 aliphatic rings. The fourth-order valence-corrected chi connectivity index (χ4v) is 3.31. The fourth-order valence-electron chi connectivity index (χ4n) is 3.31. The SMILES string of the molecule is COc1ccc(CONC(=O)/C=C/c2cn(C(CCC(N)=O)c3nc4ccccc4o3)nn2)cc1. The van der Waals surface area contributed by atoms with Crippen molar-refractivity contribution in [1.82, 2.24) is 25.5 Å². The number of carbonyl (C=O) groups is 2. The van der Waals surface area contributed by atoms with Gasteiger partial charge in [-0.15, -0.1) is 5.10 Å². The number of oxazole rings is 1. The van der Waals surface area contributed by atoms with E-state index in [0.717, 1.165) is 11.3 Å². The molecule has 1 unspecified atom stereocenters. The van der Waals surface area contributed by atoms with Crippen molar-refractivity contribution >= 4 is 29.0 Å². The van der Waals surface area contributed by atoms with Crippen molar-refractivity contribution in [2.75, 3.05) is 7.11 Å². The minimum atomic E-state index is -0.494. The maximum Gasteiger partial charge on any atom is 0.267 e. The van der Waals surface area contributed by atoms with Crippen LogP contribution in [0.1, 0.15) is 36.0 Å². The van der Waals surface area contributed by atoms with Crippen LogP contribution in [-0.2, 0) is 21.0 Å². The molecule has 0 aliphatic carbocycles. The normalized spacial score (nSPS) is 12.1. The minimum Gasteiger partial charge on any atom is -0.497 e. The zero-order chi connectivity index (χ0) is 24.6. The Morgan fingerprint density at radius 2 is 2.00 bits per heavy atom. The lowest BCUT2D eigenvalue weighted by Crippen LogP contribution is -2.21. The van der Waals surface area contributed by atoms with Gasteiger partial charge in [-0.1, -0.05) is 29.5 Å². The van der Waals surface area contributed by atoms with Crippen molar-refractivity contribution in [1.29, 1.82) is 0 Å². The molecule has 4 rings (SSSR count). The molecule has 11 heteroatoms. The first-order valence-electron chi connectivity index (χ1n) is 10.8. The summed E-state index contributed by atoms with van der Waals surface area (Å²) in [5.41, 5.74) is 10.3. The van der Waals surface area contributed by atoms with Crippen LogP contribution in [0.3, 0.4) is 0 Å². The van der Waals surface area contributed by atoms with Crippen molar-refractivity contribution in [3.63, 3.8) is 0 Å². The van der Waals surface area contributed by atoms with Gasteiger partial charge in [-0.05, 0) is 42.3 Å². The lowest BCUT2D eigenvalue weighted by atomic mass is 10.1. The molecule has 0 radical (unpaired) electrons. The maximum absolute atomic E-state index is 12.1. The van der Waals surface area contributed by atoms with Gasteiger partial charge in [0.1, 0.15) is 23.0 Å². The van der Waals surface area contributed by atoms with Crippen molar-refractivity contribution in [2.45, 2.75) is 25.5 Å². The van der Waals surface area contributed by atoms with Gasteiger partial charge in [-0.25, -0.2) is 15.1 Å². The van der Waals surface area contributed by atoms with E-state index in [9.17, 15) is 9.59 Å². The summed E-state index contributed by atoms with van der Waals surface area (Å²) in [4.78, 5) is 33.2. The molecule has 0 saturated carbocycles. The monoisotopic (exact) mass is 476 g/mol. The molecule has 0 aliphatic heterocycles. The Kier molecular flexibility index (Phi) is 7.48. The standard InChI is InChI=1S/C24H24N6O5/c1-33-18-9-6-16(7-10-18)15-34-28-23(32)13-8-17-14-30(29-27-17)20(11-12-22(25)31)24-26-19-4-2-3-5-21(19)35-24/h2-10,13-14,20H,11-12,15H2,1H3,(H2,25,31)(H,28,32)/b13-8+. The number of para-hydroxylation sites is 2. The predicted molar refractivity (Wildman–Crippen MR) is 126 cm³/mol. The number of amides is 2. The molecule has 2 aromatic heterocycles. The Bertz CT molecular complexity index is 1290. The number of hydrogen-bond donors (Lipinski definition) is 2. The molecule has 1 atom stereocenters. The number of rotatable bonds is 11. The number of nitrogens with two attached hydrogens (primary N) is 1. The zero-order valence-electron chi connectivity index (χ0n) is 19.0. The minimum absolute atomic E-state index is 0.113. The third-order valence-corrected chi connectivity index (χ3v) is 5.08. The lowest BCUT2D eigenvalue weighted by molar-refractivity contribution is -0.129. The van der Waals surface area contributed by atoms with E-state index in [4.69, 9.17) is 19.7 Å². The second kappa shape index (κ2) is 11.1. The molecule has 2 heterocycles. The highest BCUT2D eigenvalue weighted by Crippen LogP contribution is 2.26. The van der Waals surface area contributed by atoms with Crippen LogP contribution >= 0.6 is 0 Å². The van der Waals surface area contributed by atoms with E-state index in [-0.39, 0.29) is 13.0 Å². The number of fused-ring (bicyclic) bond motifs is 1. The van der Waals surface area contributed by atoms with E-state index in [0.29, 0.717) is 29.1 Å². The Morgan fingerprint density at radius 1 is 1.20 bits per heavy atom. The largest absolute Gasteiger partial charge is 0.497 e. The summed E-state index contributed by atoms with van der Waals surface area (Å²) in [6, 6.07) is 14.1. The second-order valence-corrected chi connectivity index (χ2v) is 7.60. The van der Waals surface area contributed by atoms with Crippen LogP contribution in [0.25, 0.3) is 17.2 Å². The Morgan fingerprint density at radius 3 is 2.74 bits per heavy atom. The van der Waals surface area contributed by atoms with Crippen LogP contribution in [0.4, 0.5) is 0 Å². The van der Waals surface area contributed by atoms with Crippen LogP contribution in [0.5, 0.6) is 5.75 Å². The van der Waals surface area contributed by atoms with E-state index >= 15 is 0 Å². The Hall–Kier alpha value is -4.51. The van der Waals surface area contributed by atoms with Crippen LogP contribution in [-0.4, -0.2) is 38.9 Å². The van der Waals surface area contributed by atoms with Gasteiger partial charge >= 0.3 is 0 Å². The molecule has 2 aromatic carbocycles. The smallest absolute Gasteiger partial charge is 0.267 e. The number of benzene rings is 2. The summed E-state index contributed by atoms with van der Waals surface area (Å²) in [5, 5.41) is 8.19. The number of nitrogens with zero attached hydrogens (tertiary/aromatic N) is 4. The van der Waals surface area contributed by atoms with Gasteiger partial charge in [0.15, 0.2) is 5.58 Å². The molecule has 180 valence electrons. The number of carbonyl (C=O) groups excluding carboxylic acids is 2. The first-order valence-corrected chi connectivity index (χ1v) is 10.8. The van der Waals surface area contributed by atoms with Gasteiger partial charge in [0.05, 0.1) is 19.9 Å². The van der Waals surface area contributed by atoms with E-state index in [1.165, 1.54) is 16.8 Å². The second-order valence-electron chi connectivity index (χ2n) is 7.60. The average Bonchev–Trinajstić information content (AvgIpc) is 3.50. The van der Waals surface area contributed by atoms with Crippen molar-refractivity contribution in [3.05, 3.63) is 78.0 Å². The molecule has 4 aromatic rings. The van der Waals surface area contributed by atoms with Gasteiger partial charge in [0, 0.05) is 12.5 Å². The Balaban J connectivity index is 1.38. The number of hydrogen-bond acceptors (Lipinski definition) is 8. The Labute approximate surface area is 200 Å². The summed E-state index contributed by atoms with van der Waals surface area (Å²) in [7, 11) is 1.59. The molecule has 0 bridgehead atoms. The van der Waals surface area contributed by atoms with Crippen LogP contribution in [0, 0.1) is 0 Å². The number of methoxy groups -OCH3 is 1. The highest BCUT2D eigenvalue weighted by molar-refractivity contribution is 5.90.